The molecule has 0 spiro atoms. The van der Waals surface area contributed by atoms with E-state index in [1.54, 1.807) is 24.3 Å². The van der Waals surface area contributed by atoms with Crippen LogP contribution in [0.15, 0.2) is 48.5 Å². The van der Waals surface area contributed by atoms with Gasteiger partial charge in [0.2, 0.25) is 0 Å². The van der Waals surface area contributed by atoms with E-state index in [4.69, 9.17) is 19.7 Å². The standard InChI is InChI=1S/C9H9FO2.C9H11FO.2C4H8O.B/c10-8-4-1-7(2-5-8)3-6-9(11)12;10-9-5-3-8(4-6-9)2-1-7-11;2*1-2-4-5-3-1;/h1-2,4-5H,3,6H2,(H,11,12);3-6,11H,1-2,7H2;2*1-4H2;. The number of carbonyl (C=O) groups is 1. The summed E-state index contributed by atoms with van der Waals surface area (Å²) in [6, 6.07) is 12.2. The van der Waals surface area contributed by atoms with Gasteiger partial charge in [-0.05, 0) is 80.3 Å². The van der Waals surface area contributed by atoms with E-state index in [9.17, 15) is 13.6 Å². The Balaban J connectivity index is 0.000000452. The predicted molar refractivity (Wildman–Crippen MR) is 130 cm³/mol. The van der Waals surface area contributed by atoms with Crippen LogP contribution in [-0.4, -0.2) is 57.6 Å². The zero-order chi connectivity index (χ0) is 24.2. The van der Waals surface area contributed by atoms with E-state index in [-0.39, 0.29) is 33.1 Å². The molecule has 2 saturated heterocycles. The minimum atomic E-state index is -0.834. The molecule has 2 aliphatic rings. The lowest BCUT2D eigenvalue weighted by Crippen LogP contribution is -1.97. The SMILES string of the molecule is C1CCOC1.C1CCOC1.O=C(O)CCc1ccc(F)cc1.OCCCc1ccc(F)cc1.[B]. The fraction of sp³-hybridized carbons (Fsp3) is 0.500. The number of carboxylic acid groups (broad SMARTS) is 1. The lowest BCUT2D eigenvalue weighted by Gasteiger charge is -1.97. The quantitative estimate of drug-likeness (QED) is 0.585. The van der Waals surface area contributed by atoms with Crippen molar-refractivity contribution < 1.29 is 33.3 Å². The summed E-state index contributed by atoms with van der Waals surface area (Å²) in [5, 5.41) is 16.9. The normalized spacial score (nSPS) is 13.7. The number of aliphatic hydroxyl groups excluding tert-OH is 1. The summed E-state index contributed by atoms with van der Waals surface area (Å²) in [6.07, 6.45) is 7.21. The van der Waals surface area contributed by atoms with Crippen LogP contribution in [0.2, 0.25) is 0 Å². The molecule has 0 aromatic heterocycles. The number of rotatable bonds is 6. The van der Waals surface area contributed by atoms with Gasteiger partial charge in [0, 0.05) is 47.9 Å². The average molecular weight is 477 g/mol. The molecular weight excluding hydrogens is 441 g/mol. The van der Waals surface area contributed by atoms with Crippen LogP contribution in [0, 0.1) is 11.6 Å². The van der Waals surface area contributed by atoms with Crippen LogP contribution in [-0.2, 0) is 27.1 Å². The number of carboxylic acids is 1. The van der Waals surface area contributed by atoms with Gasteiger partial charge in [0.1, 0.15) is 11.6 Å². The molecule has 0 saturated carbocycles. The Hall–Kier alpha value is -2.29. The zero-order valence-corrected chi connectivity index (χ0v) is 19.8. The van der Waals surface area contributed by atoms with Gasteiger partial charge in [-0.1, -0.05) is 24.3 Å². The Morgan fingerprint density at radius 1 is 0.735 bits per heavy atom. The third kappa shape index (κ3) is 18.2. The van der Waals surface area contributed by atoms with Crippen LogP contribution in [0.25, 0.3) is 0 Å². The van der Waals surface area contributed by atoms with Gasteiger partial charge in [0.15, 0.2) is 0 Å². The van der Waals surface area contributed by atoms with Crippen molar-refractivity contribution in [3.05, 3.63) is 71.3 Å². The largest absolute Gasteiger partial charge is 0.481 e. The first-order valence-corrected chi connectivity index (χ1v) is 11.5. The summed E-state index contributed by atoms with van der Waals surface area (Å²) in [7, 11) is 0. The molecule has 8 heteroatoms. The Morgan fingerprint density at radius 3 is 1.41 bits per heavy atom. The number of aliphatic hydroxyl groups is 1. The van der Waals surface area contributed by atoms with Crippen molar-refractivity contribution in [1.29, 1.82) is 0 Å². The maximum Gasteiger partial charge on any atom is 0.303 e. The summed E-state index contributed by atoms with van der Waals surface area (Å²) in [5.41, 5.74) is 1.92. The van der Waals surface area contributed by atoms with Gasteiger partial charge in [-0.2, -0.15) is 0 Å². The van der Waals surface area contributed by atoms with E-state index in [2.05, 4.69) is 0 Å². The molecule has 0 aliphatic carbocycles. The Labute approximate surface area is 203 Å². The highest BCUT2D eigenvalue weighted by molar-refractivity contribution is 5.75. The summed E-state index contributed by atoms with van der Waals surface area (Å²) in [5.74, 6) is -1.34. The molecule has 2 aromatic carbocycles. The number of benzene rings is 2. The highest BCUT2D eigenvalue weighted by Crippen LogP contribution is 2.05. The molecule has 34 heavy (non-hydrogen) atoms. The number of halogens is 2. The number of hydrogen-bond donors (Lipinski definition) is 2. The van der Waals surface area contributed by atoms with Crippen molar-refractivity contribution in [2.45, 2.75) is 51.4 Å². The lowest BCUT2D eigenvalue weighted by atomic mass is 10.1. The van der Waals surface area contributed by atoms with Crippen LogP contribution in [0.5, 0.6) is 0 Å². The van der Waals surface area contributed by atoms with Crippen LogP contribution >= 0.6 is 0 Å². The molecule has 0 bridgehead atoms. The molecule has 4 rings (SSSR count). The maximum absolute atomic E-state index is 12.4. The van der Waals surface area contributed by atoms with E-state index in [1.807, 2.05) is 0 Å². The summed E-state index contributed by atoms with van der Waals surface area (Å²) in [4.78, 5) is 10.2. The topological polar surface area (TPSA) is 76.0 Å². The molecule has 0 unspecified atom stereocenters. The number of aryl methyl sites for hydroxylation is 2. The van der Waals surface area contributed by atoms with Crippen molar-refractivity contribution in [2.75, 3.05) is 33.0 Å². The molecule has 2 aromatic rings. The molecule has 2 aliphatic heterocycles. The first kappa shape index (κ1) is 31.7. The smallest absolute Gasteiger partial charge is 0.303 e. The summed E-state index contributed by atoms with van der Waals surface area (Å²) < 4.78 is 34.6. The fourth-order valence-electron chi connectivity index (χ4n) is 2.86. The molecule has 2 heterocycles. The first-order valence-electron chi connectivity index (χ1n) is 11.5. The van der Waals surface area contributed by atoms with Crippen LogP contribution < -0.4 is 0 Å². The molecule has 2 N–H and O–H groups in total. The Kier molecular flexibility index (Phi) is 19.8. The highest BCUT2D eigenvalue weighted by atomic mass is 19.1. The maximum atomic E-state index is 12.4. The fourth-order valence-corrected chi connectivity index (χ4v) is 2.86. The third-order valence-corrected chi connectivity index (χ3v) is 4.73. The summed E-state index contributed by atoms with van der Waals surface area (Å²) in [6.45, 7) is 4.19. The van der Waals surface area contributed by atoms with Crippen LogP contribution in [0.1, 0.15) is 49.7 Å². The Morgan fingerprint density at radius 2 is 1.12 bits per heavy atom. The van der Waals surface area contributed by atoms with Crippen molar-refractivity contribution in [2.24, 2.45) is 0 Å². The lowest BCUT2D eigenvalue weighted by molar-refractivity contribution is -0.136. The van der Waals surface area contributed by atoms with E-state index >= 15 is 0 Å². The zero-order valence-electron chi connectivity index (χ0n) is 19.8. The van der Waals surface area contributed by atoms with E-state index in [0.717, 1.165) is 50.4 Å². The van der Waals surface area contributed by atoms with Crippen molar-refractivity contribution in [3.8, 4) is 0 Å². The van der Waals surface area contributed by atoms with Gasteiger partial charge in [-0.3, -0.25) is 4.79 Å². The van der Waals surface area contributed by atoms with Crippen molar-refractivity contribution in [3.63, 3.8) is 0 Å². The molecule has 187 valence electrons. The molecular formula is C26H36BF2O5. The molecule has 0 amide bonds. The van der Waals surface area contributed by atoms with E-state index < -0.39 is 5.97 Å². The van der Waals surface area contributed by atoms with Gasteiger partial charge in [0.05, 0.1) is 0 Å². The van der Waals surface area contributed by atoms with Gasteiger partial charge in [-0.25, -0.2) is 8.78 Å². The van der Waals surface area contributed by atoms with Crippen LogP contribution in [0.3, 0.4) is 0 Å². The Bertz CT molecular complexity index is 709. The summed E-state index contributed by atoms with van der Waals surface area (Å²) >= 11 is 0. The third-order valence-electron chi connectivity index (χ3n) is 4.73. The second kappa shape index (κ2) is 21.3. The second-order valence-corrected chi connectivity index (χ2v) is 7.61. The number of hydrogen-bond acceptors (Lipinski definition) is 4. The minimum Gasteiger partial charge on any atom is -0.481 e. The van der Waals surface area contributed by atoms with E-state index in [1.165, 1.54) is 49.9 Å². The first-order chi connectivity index (χ1) is 16.0. The minimum absolute atomic E-state index is 0. The monoisotopic (exact) mass is 477 g/mol. The number of ether oxygens (including phenoxy) is 2. The van der Waals surface area contributed by atoms with Gasteiger partial charge < -0.3 is 19.7 Å². The van der Waals surface area contributed by atoms with Gasteiger partial charge >= 0.3 is 5.97 Å². The van der Waals surface area contributed by atoms with Crippen molar-refractivity contribution >= 4 is 14.4 Å². The van der Waals surface area contributed by atoms with Crippen molar-refractivity contribution in [1.82, 2.24) is 0 Å². The average Bonchev–Trinajstić information content (AvgIpc) is 3.58. The molecule has 2 fully saturated rings. The molecule has 5 nitrogen and oxygen atoms in total. The highest BCUT2D eigenvalue weighted by Gasteiger charge is 1.98. The molecule has 3 radical (unpaired) electrons. The van der Waals surface area contributed by atoms with Crippen LogP contribution in [0.4, 0.5) is 8.78 Å². The predicted octanol–water partition coefficient (Wildman–Crippen LogP) is 4.81. The number of aliphatic carboxylic acids is 1. The van der Waals surface area contributed by atoms with Gasteiger partial charge in [-0.15, -0.1) is 0 Å². The molecule has 0 atom stereocenters. The van der Waals surface area contributed by atoms with Gasteiger partial charge in [0.25, 0.3) is 0 Å². The second-order valence-electron chi connectivity index (χ2n) is 7.61. The van der Waals surface area contributed by atoms with E-state index in [0.29, 0.717) is 6.42 Å².